The van der Waals surface area contributed by atoms with Crippen LogP contribution in [-0.4, -0.2) is 6.54 Å². The van der Waals surface area contributed by atoms with Crippen molar-refractivity contribution in [2.45, 2.75) is 26.2 Å². The molecule has 1 nitrogen and oxygen atoms in total. The third-order valence-electron chi connectivity index (χ3n) is 2.10. The molecule has 0 spiro atoms. The molecule has 2 heteroatoms. The van der Waals surface area contributed by atoms with Gasteiger partial charge in [-0.1, -0.05) is 33.6 Å². The van der Waals surface area contributed by atoms with E-state index in [1.54, 1.807) is 0 Å². The summed E-state index contributed by atoms with van der Waals surface area (Å²) in [6.07, 6.45) is 3.42. The van der Waals surface area contributed by atoms with Crippen molar-refractivity contribution in [1.29, 1.82) is 0 Å². The van der Waals surface area contributed by atoms with Gasteiger partial charge in [0.05, 0.1) is 0 Å². The van der Waals surface area contributed by atoms with Gasteiger partial charge in [-0.25, -0.2) is 0 Å². The topological polar surface area (TPSA) is 26.0 Å². The van der Waals surface area contributed by atoms with Gasteiger partial charge >= 0.3 is 0 Å². The maximum absolute atomic E-state index is 5.45. The molecule has 1 rings (SSSR count). The van der Waals surface area contributed by atoms with E-state index in [-0.39, 0.29) is 0 Å². The van der Waals surface area contributed by atoms with Gasteiger partial charge in [-0.05, 0) is 44.4 Å². The molecular formula is C11H16BrN. The van der Waals surface area contributed by atoms with E-state index in [4.69, 9.17) is 5.73 Å². The van der Waals surface area contributed by atoms with Crippen LogP contribution < -0.4 is 5.73 Å². The monoisotopic (exact) mass is 241 g/mol. The van der Waals surface area contributed by atoms with E-state index in [0.29, 0.717) is 0 Å². The molecule has 0 heterocycles. The van der Waals surface area contributed by atoms with Crippen molar-refractivity contribution >= 4 is 15.9 Å². The van der Waals surface area contributed by atoms with Crippen LogP contribution in [0.5, 0.6) is 0 Å². The lowest BCUT2D eigenvalue weighted by molar-refractivity contribution is 0.743. The Balaban J connectivity index is 2.59. The highest BCUT2D eigenvalue weighted by molar-refractivity contribution is 9.10. The van der Waals surface area contributed by atoms with Crippen LogP contribution >= 0.6 is 15.9 Å². The Bertz CT molecular complexity index is 271. The van der Waals surface area contributed by atoms with Gasteiger partial charge in [0, 0.05) is 4.47 Å². The molecule has 0 unspecified atom stereocenters. The highest BCUT2D eigenvalue weighted by Crippen LogP contribution is 2.19. The van der Waals surface area contributed by atoms with Crippen LogP contribution in [0.3, 0.4) is 0 Å². The Morgan fingerprint density at radius 3 is 2.77 bits per heavy atom. The van der Waals surface area contributed by atoms with Crippen LogP contribution in [0.2, 0.25) is 0 Å². The first-order valence-corrected chi connectivity index (χ1v) is 5.48. The summed E-state index contributed by atoms with van der Waals surface area (Å²) in [6.45, 7) is 2.92. The molecule has 0 aliphatic heterocycles. The fraction of sp³-hybridized carbons (Fsp3) is 0.455. The molecular weight excluding hydrogens is 226 g/mol. The highest BCUT2D eigenvalue weighted by Gasteiger charge is 1.99. The molecule has 1 aromatic carbocycles. The van der Waals surface area contributed by atoms with E-state index in [9.17, 15) is 0 Å². The van der Waals surface area contributed by atoms with Crippen molar-refractivity contribution in [1.82, 2.24) is 0 Å². The lowest BCUT2D eigenvalue weighted by Crippen LogP contribution is -1.99. The molecule has 0 saturated carbocycles. The first-order chi connectivity index (χ1) is 6.24. The predicted molar refractivity (Wildman–Crippen MR) is 60.9 cm³/mol. The Morgan fingerprint density at radius 2 is 2.08 bits per heavy atom. The van der Waals surface area contributed by atoms with E-state index in [0.717, 1.165) is 19.4 Å². The third-order valence-corrected chi connectivity index (χ3v) is 2.88. The molecule has 0 saturated heterocycles. The Kier molecular flexibility index (Phi) is 4.46. The Hall–Kier alpha value is -0.340. The van der Waals surface area contributed by atoms with Crippen molar-refractivity contribution in [2.24, 2.45) is 5.73 Å². The zero-order valence-corrected chi connectivity index (χ0v) is 9.60. The molecule has 0 bridgehead atoms. The number of hydrogen-bond acceptors (Lipinski definition) is 1. The zero-order chi connectivity index (χ0) is 9.68. The maximum Gasteiger partial charge on any atom is 0.0207 e. The zero-order valence-electron chi connectivity index (χ0n) is 8.02. The summed E-state index contributed by atoms with van der Waals surface area (Å²) in [7, 11) is 0. The van der Waals surface area contributed by atoms with Crippen LogP contribution in [0.15, 0.2) is 22.7 Å². The van der Waals surface area contributed by atoms with Gasteiger partial charge in [0.2, 0.25) is 0 Å². The van der Waals surface area contributed by atoms with Gasteiger partial charge in [-0.15, -0.1) is 0 Å². The second-order valence-electron chi connectivity index (χ2n) is 3.34. The molecule has 0 atom stereocenters. The minimum atomic E-state index is 0.795. The lowest BCUT2D eigenvalue weighted by Gasteiger charge is -2.04. The van der Waals surface area contributed by atoms with Crippen LogP contribution in [0.1, 0.15) is 24.0 Å². The normalized spacial score (nSPS) is 10.4. The quantitative estimate of drug-likeness (QED) is 0.807. The number of nitrogens with two attached hydrogens (primary N) is 1. The average molecular weight is 242 g/mol. The SMILES string of the molecule is Cc1ccc(Br)c(CCCCN)c1. The van der Waals surface area contributed by atoms with Gasteiger partial charge in [-0.2, -0.15) is 0 Å². The Labute approximate surface area is 88.5 Å². The summed E-state index contributed by atoms with van der Waals surface area (Å²) >= 11 is 3.55. The molecule has 0 amide bonds. The van der Waals surface area contributed by atoms with Crippen molar-refractivity contribution < 1.29 is 0 Å². The molecule has 0 aliphatic carbocycles. The van der Waals surface area contributed by atoms with Crippen molar-refractivity contribution in [2.75, 3.05) is 6.54 Å². The fourth-order valence-corrected chi connectivity index (χ4v) is 1.80. The molecule has 72 valence electrons. The largest absolute Gasteiger partial charge is 0.330 e. The van der Waals surface area contributed by atoms with Gasteiger partial charge in [-0.3, -0.25) is 0 Å². The van der Waals surface area contributed by atoms with Crippen LogP contribution in [0, 0.1) is 6.92 Å². The average Bonchev–Trinajstić information content (AvgIpc) is 2.11. The minimum Gasteiger partial charge on any atom is -0.330 e. The summed E-state index contributed by atoms with van der Waals surface area (Å²) < 4.78 is 1.22. The van der Waals surface area contributed by atoms with Gasteiger partial charge < -0.3 is 5.73 Å². The summed E-state index contributed by atoms with van der Waals surface area (Å²) in [5.74, 6) is 0. The highest BCUT2D eigenvalue weighted by atomic mass is 79.9. The van der Waals surface area contributed by atoms with E-state index in [2.05, 4.69) is 41.1 Å². The van der Waals surface area contributed by atoms with Gasteiger partial charge in [0.15, 0.2) is 0 Å². The number of unbranched alkanes of at least 4 members (excludes halogenated alkanes) is 1. The molecule has 13 heavy (non-hydrogen) atoms. The predicted octanol–water partition coefficient (Wildman–Crippen LogP) is 3.04. The van der Waals surface area contributed by atoms with Crippen molar-refractivity contribution in [3.63, 3.8) is 0 Å². The van der Waals surface area contributed by atoms with Crippen LogP contribution in [0.4, 0.5) is 0 Å². The number of hydrogen-bond donors (Lipinski definition) is 1. The number of rotatable bonds is 4. The van der Waals surface area contributed by atoms with Gasteiger partial charge in [0.1, 0.15) is 0 Å². The number of benzene rings is 1. The van der Waals surface area contributed by atoms with E-state index >= 15 is 0 Å². The summed E-state index contributed by atoms with van der Waals surface area (Å²) in [6, 6.07) is 6.48. The lowest BCUT2D eigenvalue weighted by atomic mass is 10.1. The van der Waals surface area contributed by atoms with Crippen molar-refractivity contribution in [3.8, 4) is 0 Å². The van der Waals surface area contributed by atoms with E-state index < -0.39 is 0 Å². The Morgan fingerprint density at radius 1 is 1.31 bits per heavy atom. The smallest absolute Gasteiger partial charge is 0.0207 e. The molecule has 1 aromatic rings. The summed E-state index contributed by atoms with van der Waals surface area (Å²) in [5, 5.41) is 0. The minimum absolute atomic E-state index is 0.795. The molecule has 2 N–H and O–H groups in total. The van der Waals surface area contributed by atoms with Gasteiger partial charge in [0.25, 0.3) is 0 Å². The van der Waals surface area contributed by atoms with E-state index in [1.165, 1.54) is 22.0 Å². The third kappa shape index (κ3) is 3.49. The molecule has 0 aliphatic rings. The summed E-state index contributed by atoms with van der Waals surface area (Å²) in [4.78, 5) is 0. The van der Waals surface area contributed by atoms with Crippen LogP contribution in [0.25, 0.3) is 0 Å². The second kappa shape index (κ2) is 5.40. The second-order valence-corrected chi connectivity index (χ2v) is 4.19. The summed E-state index contributed by atoms with van der Waals surface area (Å²) in [5.41, 5.74) is 8.17. The number of halogens is 1. The standard InChI is InChI=1S/C11H16BrN/c1-9-5-6-11(12)10(8-9)4-2-3-7-13/h5-6,8H,2-4,7,13H2,1H3. The van der Waals surface area contributed by atoms with Crippen molar-refractivity contribution in [3.05, 3.63) is 33.8 Å². The first-order valence-electron chi connectivity index (χ1n) is 4.69. The molecule has 0 radical (unpaired) electrons. The fourth-order valence-electron chi connectivity index (χ4n) is 1.35. The maximum atomic E-state index is 5.45. The molecule has 0 fully saturated rings. The molecule has 0 aromatic heterocycles. The van der Waals surface area contributed by atoms with Crippen LogP contribution in [-0.2, 0) is 6.42 Å². The van der Waals surface area contributed by atoms with E-state index in [1.807, 2.05) is 0 Å². The number of aryl methyl sites for hydroxylation is 2. The first kappa shape index (κ1) is 10.7.